The first-order valence-electron chi connectivity index (χ1n) is 5.85. The molecule has 112 valence electrons. The Bertz CT molecular complexity index is 718. The molecule has 1 atom stereocenters. The molecule has 20 heavy (non-hydrogen) atoms. The van der Waals surface area contributed by atoms with Crippen LogP contribution in [0.2, 0.25) is 5.02 Å². The molecule has 1 aromatic carbocycles. The molecule has 5 nitrogen and oxygen atoms in total. The molecule has 0 bridgehead atoms. The monoisotopic (exact) mass is 341 g/mol. The van der Waals surface area contributed by atoms with E-state index in [4.69, 9.17) is 11.6 Å². The van der Waals surface area contributed by atoms with E-state index in [2.05, 4.69) is 4.72 Å². The van der Waals surface area contributed by atoms with E-state index in [1.54, 1.807) is 0 Å². The molecule has 9 heteroatoms. The molecule has 0 amide bonds. The van der Waals surface area contributed by atoms with Gasteiger partial charge in [-0.2, -0.15) is 0 Å². The van der Waals surface area contributed by atoms with E-state index in [0.717, 1.165) is 18.2 Å². The predicted molar refractivity (Wildman–Crippen MR) is 73.4 cm³/mol. The third kappa shape index (κ3) is 3.69. The lowest BCUT2D eigenvalue weighted by Crippen LogP contribution is -2.30. The first kappa shape index (κ1) is 15.7. The second-order valence-electron chi connectivity index (χ2n) is 4.70. The Morgan fingerprint density at radius 2 is 2.10 bits per heavy atom. The van der Waals surface area contributed by atoms with Crippen molar-refractivity contribution in [2.24, 2.45) is 5.92 Å². The summed E-state index contributed by atoms with van der Waals surface area (Å²) in [5.74, 6) is -0.861. The zero-order valence-corrected chi connectivity index (χ0v) is 12.7. The highest BCUT2D eigenvalue weighted by Gasteiger charge is 2.29. The number of nitrogens with one attached hydrogen (secondary N) is 1. The average Bonchev–Trinajstić information content (AvgIpc) is 2.70. The van der Waals surface area contributed by atoms with Gasteiger partial charge in [-0.25, -0.2) is 25.9 Å². The van der Waals surface area contributed by atoms with Gasteiger partial charge in [0.25, 0.3) is 0 Å². The van der Waals surface area contributed by atoms with Gasteiger partial charge < -0.3 is 0 Å². The summed E-state index contributed by atoms with van der Waals surface area (Å²) < 4.78 is 61.8. The van der Waals surface area contributed by atoms with Crippen LogP contribution in [-0.2, 0) is 19.9 Å². The van der Waals surface area contributed by atoms with Crippen molar-refractivity contribution in [2.45, 2.75) is 11.3 Å². The van der Waals surface area contributed by atoms with Gasteiger partial charge in [0.15, 0.2) is 9.84 Å². The normalized spacial score (nSPS) is 22.0. The van der Waals surface area contributed by atoms with Crippen LogP contribution in [0.4, 0.5) is 4.39 Å². The van der Waals surface area contributed by atoms with E-state index in [1.807, 2.05) is 0 Å². The Labute approximate surface area is 122 Å². The molecule has 2 rings (SSSR count). The summed E-state index contributed by atoms with van der Waals surface area (Å²) in [4.78, 5) is -0.148. The Morgan fingerprint density at radius 1 is 1.40 bits per heavy atom. The van der Waals surface area contributed by atoms with Crippen molar-refractivity contribution in [3.05, 3.63) is 29.0 Å². The van der Waals surface area contributed by atoms with Crippen LogP contribution in [-0.4, -0.2) is 34.9 Å². The van der Waals surface area contributed by atoms with Gasteiger partial charge in [0.1, 0.15) is 5.82 Å². The highest BCUT2D eigenvalue weighted by molar-refractivity contribution is 7.91. The van der Waals surface area contributed by atoms with Gasteiger partial charge in [-0.3, -0.25) is 0 Å². The van der Waals surface area contributed by atoms with Crippen molar-refractivity contribution < 1.29 is 21.2 Å². The third-order valence-electron chi connectivity index (χ3n) is 3.09. The van der Waals surface area contributed by atoms with Gasteiger partial charge in [-0.05, 0) is 30.5 Å². The maximum absolute atomic E-state index is 13.0. The van der Waals surface area contributed by atoms with E-state index < -0.39 is 25.7 Å². The quantitative estimate of drug-likeness (QED) is 0.892. The standard InChI is InChI=1S/C11H13ClFNO4S2/c12-10-5-9(1-2-11(10)13)20(17,18)14-6-8-3-4-19(15,16)7-8/h1-2,5,8,14H,3-4,6-7H2/t8-/m0/s1. The van der Waals surface area contributed by atoms with Crippen molar-refractivity contribution in [1.29, 1.82) is 0 Å². The second kappa shape index (κ2) is 5.59. The Balaban J connectivity index is 2.06. The first-order chi connectivity index (χ1) is 9.20. The maximum Gasteiger partial charge on any atom is 0.240 e. The smallest absolute Gasteiger partial charge is 0.229 e. The molecule has 0 radical (unpaired) electrons. The summed E-state index contributed by atoms with van der Waals surface area (Å²) in [5, 5.41) is -0.281. The SMILES string of the molecule is O=S1(=O)CC[C@@H](CNS(=O)(=O)c2ccc(F)c(Cl)c2)C1. The molecule has 1 N–H and O–H groups in total. The van der Waals surface area contributed by atoms with Gasteiger partial charge in [0.05, 0.1) is 21.4 Å². The highest BCUT2D eigenvalue weighted by Crippen LogP contribution is 2.21. The minimum atomic E-state index is -3.82. The summed E-state index contributed by atoms with van der Waals surface area (Å²) in [6.07, 6.45) is 0.440. The molecule has 1 aliphatic rings. The molecular formula is C11H13ClFNO4S2. The molecular weight excluding hydrogens is 329 g/mol. The zero-order chi connectivity index (χ0) is 15.0. The van der Waals surface area contributed by atoms with E-state index in [-0.39, 0.29) is 33.9 Å². The number of halogens is 2. The fourth-order valence-corrected chi connectivity index (χ4v) is 5.24. The number of rotatable bonds is 4. The minimum Gasteiger partial charge on any atom is -0.229 e. The van der Waals surface area contributed by atoms with Crippen molar-refractivity contribution >= 4 is 31.5 Å². The molecule has 0 unspecified atom stereocenters. The molecule has 1 saturated heterocycles. The van der Waals surface area contributed by atoms with Gasteiger partial charge in [-0.15, -0.1) is 0 Å². The summed E-state index contributed by atoms with van der Waals surface area (Å²) in [6.45, 7) is 0.0383. The fourth-order valence-electron chi connectivity index (χ4n) is 1.99. The number of sulfonamides is 1. The lowest BCUT2D eigenvalue weighted by molar-refractivity contribution is 0.543. The van der Waals surface area contributed by atoms with Crippen LogP contribution in [0.5, 0.6) is 0 Å². The Morgan fingerprint density at radius 3 is 2.65 bits per heavy atom. The largest absolute Gasteiger partial charge is 0.240 e. The molecule has 0 aliphatic carbocycles. The Hall–Kier alpha value is -0.700. The second-order valence-corrected chi connectivity index (χ2v) is 9.10. The van der Waals surface area contributed by atoms with Crippen molar-refractivity contribution in [3.8, 4) is 0 Å². The molecule has 1 fully saturated rings. The van der Waals surface area contributed by atoms with E-state index >= 15 is 0 Å². The average molecular weight is 342 g/mol. The molecule has 0 aromatic heterocycles. The molecule has 1 aliphatic heterocycles. The van der Waals surface area contributed by atoms with Crippen molar-refractivity contribution in [2.75, 3.05) is 18.1 Å². The van der Waals surface area contributed by atoms with Crippen LogP contribution in [0, 0.1) is 11.7 Å². The van der Waals surface area contributed by atoms with Gasteiger partial charge >= 0.3 is 0 Å². The van der Waals surface area contributed by atoms with Crippen LogP contribution in [0.15, 0.2) is 23.1 Å². The van der Waals surface area contributed by atoms with Gasteiger partial charge in [0.2, 0.25) is 10.0 Å². The van der Waals surface area contributed by atoms with Crippen LogP contribution in [0.25, 0.3) is 0 Å². The summed E-state index contributed by atoms with van der Waals surface area (Å²) >= 11 is 5.54. The van der Waals surface area contributed by atoms with Crippen LogP contribution < -0.4 is 4.72 Å². The number of sulfone groups is 1. The topological polar surface area (TPSA) is 80.3 Å². The zero-order valence-electron chi connectivity index (χ0n) is 10.3. The van der Waals surface area contributed by atoms with E-state index in [1.165, 1.54) is 0 Å². The van der Waals surface area contributed by atoms with Crippen molar-refractivity contribution in [3.63, 3.8) is 0 Å². The maximum atomic E-state index is 13.0. The van der Waals surface area contributed by atoms with Crippen LogP contribution in [0.1, 0.15) is 6.42 Å². The molecule has 1 aromatic rings. The number of hydrogen-bond acceptors (Lipinski definition) is 4. The lowest BCUT2D eigenvalue weighted by atomic mass is 10.1. The van der Waals surface area contributed by atoms with E-state index in [0.29, 0.717) is 6.42 Å². The van der Waals surface area contributed by atoms with Crippen LogP contribution >= 0.6 is 11.6 Å². The van der Waals surface area contributed by atoms with E-state index in [9.17, 15) is 21.2 Å². The minimum absolute atomic E-state index is 0.0142. The van der Waals surface area contributed by atoms with Crippen molar-refractivity contribution in [1.82, 2.24) is 4.72 Å². The molecule has 0 saturated carbocycles. The number of benzene rings is 1. The lowest BCUT2D eigenvalue weighted by Gasteiger charge is -2.10. The predicted octanol–water partition coefficient (Wildman–Crippen LogP) is 1.19. The highest BCUT2D eigenvalue weighted by atomic mass is 35.5. The summed E-state index contributed by atoms with van der Waals surface area (Å²) in [7, 11) is -6.87. The first-order valence-corrected chi connectivity index (χ1v) is 9.53. The molecule has 0 spiro atoms. The van der Waals surface area contributed by atoms with Gasteiger partial charge in [-0.1, -0.05) is 11.6 Å². The van der Waals surface area contributed by atoms with Crippen LogP contribution in [0.3, 0.4) is 0 Å². The number of hydrogen-bond donors (Lipinski definition) is 1. The third-order valence-corrected chi connectivity index (χ3v) is 6.64. The summed E-state index contributed by atoms with van der Waals surface area (Å²) in [6, 6.07) is 3.09. The van der Waals surface area contributed by atoms with Gasteiger partial charge in [0, 0.05) is 6.54 Å². The molecule has 1 heterocycles. The summed E-state index contributed by atoms with van der Waals surface area (Å²) in [5.41, 5.74) is 0. The fraction of sp³-hybridized carbons (Fsp3) is 0.455. The Kier molecular flexibility index (Phi) is 4.38.